The Kier molecular flexibility index (Phi) is 3.77. The molecular weight excluding hydrogens is 212 g/mol. The molecule has 1 aromatic carbocycles. The van der Waals surface area contributed by atoms with E-state index in [-0.39, 0.29) is 5.75 Å². The predicted octanol–water partition coefficient (Wildman–Crippen LogP) is 1.11. The van der Waals surface area contributed by atoms with Crippen molar-refractivity contribution in [3.8, 4) is 11.5 Å². The maximum Gasteiger partial charge on any atom is 0.379 e. The smallest absolute Gasteiger partial charge is 0.379 e. The second-order valence-electron chi connectivity index (χ2n) is 3.01. The van der Waals surface area contributed by atoms with Gasteiger partial charge in [0.15, 0.2) is 0 Å². The number of carbonyl (C=O) groups is 3. The monoisotopic (exact) mass is 222 g/mol. The van der Waals surface area contributed by atoms with Gasteiger partial charge in [0.25, 0.3) is 0 Å². The molecule has 0 bridgehead atoms. The normalized spacial score (nSPS) is 9.38. The molecule has 0 heterocycles. The van der Waals surface area contributed by atoms with Crippen LogP contribution in [0, 0.1) is 0 Å². The van der Waals surface area contributed by atoms with E-state index in [1.165, 1.54) is 31.2 Å². The Bertz CT molecular complexity index is 419. The molecule has 0 aliphatic heterocycles. The Balaban J connectivity index is 2.68. The topological polar surface area (TPSA) is 69.7 Å². The van der Waals surface area contributed by atoms with Crippen LogP contribution in [0.1, 0.15) is 13.8 Å². The molecule has 1 rings (SSSR count). The van der Waals surface area contributed by atoms with Crippen molar-refractivity contribution in [3.05, 3.63) is 24.3 Å². The minimum atomic E-state index is -0.930. The zero-order chi connectivity index (χ0) is 12.1. The molecule has 1 aromatic rings. The van der Waals surface area contributed by atoms with Gasteiger partial charge in [0.1, 0.15) is 11.5 Å². The van der Waals surface area contributed by atoms with E-state index in [1.807, 2.05) is 0 Å². The summed E-state index contributed by atoms with van der Waals surface area (Å²) in [6.07, 6.45) is 0. The van der Waals surface area contributed by atoms with Gasteiger partial charge < -0.3 is 9.47 Å². The van der Waals surface area contributed by atoms with Crippen LogP contribution in [0.2, 0.25) is 0 Å². The summed E-state index contributed by atoms with van der Waals surface area (Å²) in [5, 5.41) is 0. The molecule has 0 saturated heterocycles. The number of rotatable bonds is 3. The van der Waals surface area contributed by atoms with Gasteiger partial charge in [0.2, 0.25) is 5.78 Å². The van der Waals surface area contributed by atoms with Gasteiger partial charge in [-0.1, -0.05) is 0 Å². The fraction of sp³-hybridized carbons (Fsp3) is 0.182. The number of carbonyl (C=O) groups excluding carboxylic acids is 3. The number of esters is 2. The zero-order valence-electron chi connectivity index (χ0n) is 8.85. The number of ether oxygens (including phenoxy) is 2. The second kappa shape index (κ2) is 5.06. The Morgan fingerprint density at radius 3 is 1.69 bits per heavy atom. The molecule has 16 heavy (non-hydrogen) atoms. The number of ketones is 1. The largest absolute Gasteiger partial charge is 0.427 e. The minimum Gasteiger partial charge on any atom is -0.427 e. The predicted molar refractivity (Wildman–Crippen MR) is 54.1 cm³/mol. The van der Waals surface area contributed by atoms with Crippen molar-refractivity contribution >= 4 is 17.7 Å². The van der Waals surface area contributed by atoms with Crippen molar-refractivity contribution in [1.82, 2.24) is 0 Å². The Hall–Kier alpha value is -2.17. The van der Waals surface area contributed by atoms with Gasteiger partial charge in [-0.15, -0.1) is 0 Å². The Labute approximate surface area is 92.0 Å². The molecular formula is C11H10O5. The third kappa shape index (κ3) is 3.53. The average molecular weight is 222 g/mol. The number of benzene rings is 1. The highest BCUT2D eigenvalue weighted by molar-refractivity contribution is 6.33. The fourth-order valence-corrected chi connectivity index (χ4v) is 0.921. The van der Waals surface area contributed by atoms with E-state index in [1.54, 1.807) is 0 Å². The van der Waals surface area contributed by atoms with Gasteiger partial charge in [-0.2, -0.15) is 0 Å². The quantitative estimate of drug-likeness (QED) is 0.435. The van der Waals surface area contributed by atoms with Crippen molar-refractivity contribution in [1.29, 1.82) is 0 Å². The van der Waals surface area contributed by atoms with Crippen molar-refractivity contribution in [2.45, 2.75) is 13.8 Å². The molecule has 0 amide bonds. The molecule has 0 N–H and O–H groups in total. The van der Waals surface area contributed by atoms with Crippen LogP contribution in [0.4, 0.5) is 0 Å². The van der Waals surface area contributed by atoms with Crippen LogP contribution in [-0.2, 0) is 14.4 Å². The molecule has 0 spiro atoms. The van der Waals surface area contributed by atoms with E-state index in [4.69, 9.17) is 9.47 Å². The summed E-state index contributed by atoms with van der Waals surface area (Å²) in [5.41, 5.74) is 0. The summed E-state index contributed by atoms with van der Waals surface area (Å²) < 4.78 is 9.48. The highest BCUT2D eigenvalue weighted by Gasteiger charge is 2.10. The van der Waals surface area contributed by atoms with E-state index in [0.29, 0.717) is 5.75 Å². The summed E-state index contributed by atoms with van der Waals surface area (Å²) in [4.78, 5) is 32.1. The second-order valence-corrected chi connectivity index (χ2v) is 3.01. The molecule has 0 fully saturated rings. The van der Waals surface area contributed by atoms with Crippen molar-refractivity contribution in [3.63, 3.8) is 0 Å². The van der Waals surface area contributed by atoms with Crippen LogP contribution in [0.3, 0.4) is 0 Å². The van der Waals surface area contributed by atoms with Gasteiger partial charge in [-0.3, -0.25) is 9.59 Å². The Morgan fingerprint density at radius 2 is 1.31 bits per heavy atom. The molecule has 5 nitrogen and oxygen atoms in total. The van der Waals surface area contributed by atoms with Gasteiger partial charge in [0, 0.05) is 13.8 Å². The lowest BCUT2D eigenvalue weighted by atomic mass is 10.3. The molecule has 0 saturated carbocycles. The van der Waals surface area contributed by atoms with E-state index in [2.05, 4.69) is 0 Å². The first-order valence-electron chi connectivity index (χ1n) is 4.50. The number of hydrogen-bond acceptors (Lipinski definition) is 5. The number of hydrogen-bond donors (Lipinski definition) is 0. The third-order valence-electron chi connectivity index (χ3n) is 1.58. The molecule has 0 atom stereocenters. The lowest BCUT2D eigenvalue weighted by molar-refractivity contribution is -0.146. The van der Waals surface area contributed by atoms with Crippen LogP contribution < -0.4 is 9.47 Å². The third-order valence-corrected chi connectivity index (χ3v) is 1.58. The summed E-state index contributed by atoms with van der Waals surface area (Å²) in [6.45, 7) is 2.40. The molecule has 0 aliphatic carbocycles. The summed E-state index contributed by atoms with van der Waals surface area (Å²) >= 11 is 0. The highest BCUT2D eigenvalue weighted by atomic mass is 16.5. The van der Waals surface area contributed by atoms with Gasteiger partial charge >= 0.3 is 11.9 Å². The van der Waals surface area contributed by atoms with E-state index in [9.17, 15) is 14.4 Å². The molecule has 0 aliphatic rings. The fourth-order valence-electron chi connectivity index (χ4n) is 0.921. The summed E-state index contributed by atoms with van der Waals surface area (Å²) in [7, 11) is 0. The van der Waals surface area contributed by atoms with Crippen LogP contribution in [0.15, 0.2) is 24.3 Å². The SMILES string of the molecule is CC(=O)Oc1ccc(OC(=O)C(C)=O)cc1. The first-order valence-corrected chi connectivity index (χ1v) is 4.50. The van der Waals surface area contributed by atoms with Gasteiger partial charge in [-0.05, 0) is 24.3 Å². The van der Waals surface area contributed by atoms with E-state index < -0.39 is 17.7 Å². The number of Topliss-reactive ketones (excluding diaryl/α,β-unsaturated/α-hetero) is 1. The summed E-state index contributed by atoms with van der Waals surface area (Å²) in [5.74, 6) is -1.48. The van der Waals surface area contributed by atoms with Gasteiger partial charge in [0.05, 0.1) is 0 Å². The van der Waals surface area contributed by atoms with Crippen LogP contribution in [-0.4, -0.2) is 17.7 Å². The molecule has 0 unspecified atom stereocenters. The van der Waals surface area contributed by atoms with Crippen molar-refractivity contribution in [2.75, 3.05) is 0 Å². The highest BCUT2D eigenvalue weighted by Crippen LogP contribution is 2.17. The lowest BCUT2D eigenvalue weighted by Gasteiger charge is -2.03. The molecule has 84 valence electrons. The van der Waals surface area contributed by atoms with Crippen LogP contribution >= 0.6 is 0 Å². The standard InChI is InChI=1S/C11H10O5/c1-7(12)11(14)16-10-5-3-9(4-6-10)15-8(2)13/h3-6H,1-2H3. The first-order chi connectivity index (χ1) is 7.49. The maximum atomic E-state index is 10.9. The van der Waals surface area contributed by atoms with Crippen LogP contribution in [0.5, 0.6) is 11.5 Å². The maximum absolute atomic E-state index is 10.9. The average Bonchev–Trinajstić information content (AvgIpc) is 2.20. The zero-order valence-corrected chi connectivity index (χ0v) is 8.85. The van der Waals surface area contributed by atoms with Gasteiger partial charge in [-0.25, -0.2) is 4.79 Å². The summed E-state index contributed by atoms with van der Waals surface area (Å²) in [6, 6.07) is 5.78. The van der Waals surface area contributed by atoms with Crippen molar-refractivity contribution in [2.24, 2.45) is 0 Å². The Morgan fingerprint density at radius 1 is 0.875 bits per heavy atom. The van der Waals surface area contributed by atoms with E-state index in [0.717, 1.165) is 6.92 Å². The first kappa shape index (κ1) is 11.9. The molecule has 0 aromatic heterocycles. The molecule has 0 radical (unpaired) electrons. The lowest BCUT2D eigenvalue weighted by Crippen LogP contribution is -2.16. The van der Waals surface area contributed by atoms with Crippen LogP contribution in [0.25, 0.3) is 0 Å². The molecule has 5 heteroatoms. The minimum absolute atomic E-state index is 0.219. The van der Waals surface area contributed by atoms with E-state index >= 15 is 0 Å². The van der Waals surface area contributed by atoms with Crippen molar-refractivity contribution < 1.29 is 23.9 Å².